The molecule has 5 nitrogen and oxygen atoms in total. The zero-order valence-corrected chi connectivity index (χ0v) is 13.1. The van der Waals surface area contributed by atoms with Crippen LogP contribution >= 0.6 is 0 Å². The number of carbonyl (C=O) groups excluding carboxylic acids is 1. The summed E-state index contributed by atoms with van der Waals surface area (Å²) < 4.78 is 15.8. The fourth-order valence-electron chi connectivity index (χ4n) is 2.12. The van der Waals surface area contributed by atoms with Crippen molar-refractivity contribution in [1.82, 2.24) is 15.1 Å². The third-order valence-corrected chi connectivity index (χ3v) is 3.38. The van der Waals surface area contributed by atoms with Gasteiger partial charge in [-0.15, -0.1) is 0 Å². The van der Waals surface area contributed by atoms with Crippen LogP contribution in [0.15, 0.2) is 36.7 Å². The number of hydrogen-bond acceptors (Lipinski definition) is 3. The van der Waals surface area contributed by atoms with Gasteiger partial charge in [-0.2, -0.15) is 5.10 Å². The van der Waals surface area contributed by atoms with E-state index in [1.165, 1.54) is 12.1 Å². The van der Waals surface area contributed by atoms with Crippen molar-refractivity contribution in [2.75, 3.05) is 25.5 Å². The fourth-order valence-corrected chi connectivity index (χ4v) is 2.12. The molecule has 0 aliphatic rings. The van der Waals surface area contributed by atoms with E-state index >= 15 is 0 Å². The van der Waals surface area contributed by atoms with Crippen molar-refractivity contribution >= 4 is 11.6 Å². The predicted molar refractivity (Wildman–Crippen MR) is 84.5 cm³/mol. The van der Waals surface area contributed by atoms with Crippen molar-refractivity contribution in [2.45, 2.75) is 13.5 Å². The molecule has 1 atom stereocenters. The van der Waals surface area contributed by atoms with E-state index in [0.29, 0.717) is 13.1 Å². The van der Waals surface area contributed by atoms with Crippen LogP contribution in [0.25, 0.3) is 0 Å². The number of anilines is 1. The van der Waals surface area contributed by atoms with Crippen LogP contribution in [0.1, 0.15) is 17.3 Å². The predicted octanol–water partition coefficient (Wildman–Crippen LogP) is 2.15. The third-order valence-electron chi connectivity index (χ3n) is 3.38. The van der Waals surface area contributed by atoms with Gasteiger partial charge in [-0.3, -0.25) is 9.48 Å². The van der Waals surface area contributed by atoms with Gasteiger partial charge in [0.05, 0.1) is 5.56 Å². The number of aromatic nitrogens is 2. The molecule has 0 aliphatic carbocycles. The van der Waals surface area contributed by atoms with Crippen LogP contribution in [0.3, 0.4) is 0 Å². The first kappa shape index (κ1) is 16.0. The van der Waals surface area contributed by atoms with Crippen LogP contribution in [0.2, 0.25) is 0 Å². The zero-order chi connectivity index (χ0) is 16.1. The Kier molecular flexibility index (Phi) is 5.14. The van der Waals surface area contributed by atoms with Crippen LogP contribution < -0.4 is 10.2 Å². The van der Waals surface area contributed by atoms with Gasteiger partial charge in [0.15, 0.2) is 0 Å². The Balaban J connectivity index is 1.92. The standard InChI is InChI=1S/C16H21FN4O/c1-12(11-21-8-4-7-19-21)10-18-16(22)14-6-5-13(20(2)3)9-15(14)17/h4-9,12H,10-11H2,1-3H3,(H,18,22). The van der Waals surface area contributed by atoms with Gasteiger partial charge in [-0.25, -0.2) is 4.39 Å². The molecule has 2 rings (SSSR count). The molecule has 22 heavy (non-hydrogen) atoms. The number of carbonyl (C=O) groups is 1. The zero-order valence-electron chi connectivity index (χ0n) is 13.1. The van der Waals surface area contributed by atoms with Crippen molar-refractivity contribution in [3.8, 4) is 0 Å². The summed E-state index contributed by atoms with van der Waals surface area (Å²) in [6, 6.07) is 6.46. The second-order valence-electron chi connectivity index (χ2n) is 5.60. The lowest BCUT2D eigenvalue weighted by Crippen LogP contribution is -2.30. The Morgan fingerprint density at radius 1 is 1.45 bits per heavy atom. The number of rotatable bonds is 6. The summed E-state index contributed by atoms with van der Waals surface area (Å²) in [6.07, 6.45) is 3.59. The van der Waals surface area contributed by atoms with E-state index in [9.17, 15) is 9.18 Å². The van der Waals surface area contributed by atoms with Gasteiger partial charge in [-0.1, -0.05) is 6.92 Å². The highest BCUT2D eigenvalue weighted by Gasteiger charge is 2.14. The van der Waals surface area contributed by atoms with E-state index < -0.39 is 11.7 Å². The maximum atomic E-state index is 14.0. The minimum absolute atomic E-state index is 0.0666. The molecule has 6 heteroatoms. The van der Waals surface area contributed by atoms with Crippen LogP contribution in [0, 0.1) is 11.7 Å². The molecule has 1 aromatic heterocycles. The molecule has 118 valence electrons. The van der Waals surface area contributed by atoms with Gasteiger partial charge in [0, 0.05) is 45.3 Å². The highest BCUT2D eigenvalue weighted by molar-refractivity contribution is 5.94. The summed E-state index contributed by atoms with van der Waals surface area (Å²) in [4.78, 5) is 13.9. The van der Waals surface area contributed by atoms with Gasteiger partial charge in [0.2, 0.25) is 0 Å². The average Bonchev–Trinajstić information content (AvgIpc) is 2.97. The summed E-state index contributed by atoms with van der Waals surface area (Å²) >= 11 is 0. The monoisotopic (exact) mass is 304 g/mol. The first-order valence-corrected chi connectivity index (χ1v) is 7.20. The van der Waals surface area contributed by atoms with Crippen LogP contribution in [-0.2, 0) is 6.54 Å². The van der Waals surface area contributed by atoms with Gasteiger partial charge >= 0.3 is 0 Å². The topological polar surface area (TPSA) is 50.2 Å². The van der Waals surface area contributed by atoms with Crippen molar-refractivity contribution < 1.29 is 9.18 Å². The lowest BCUT2D eigenvalue weighted by Gasteiger charge is -2.15. The van der Waals surface area contributed by atoms with Gasteiger partial charge < -0.3 is 10.2 Å². The highest BCUT2D eigenvalue weighted by Crippen LogP contribution is 2.16. The lowest BCUT2D eigenvalue weighted by atomic mass is 10.1. The van der Waals surface area contributed by atoms with Crippen molar-refractivity contribution in [3.05, 3.63) is 48.0 Å². The molecule has 1 amide bonds. The second kappa shape index (κ2) is 7.06. The molecule has 0 saturated carbocycles. The number of nitrogens with one attached hydrogen (secondary N) is 1. The molecular weight excluding hydrogens is 283 g/mol. The molecule has 1 heterocycles. The molecule has 0 spiro atoms. The van der Waals surface area contributed by atoms with Crippen LogP contribution in [0.4, 0.5) is 10.1 Å². The molecule has 0 fully saturated rings. The normalized spacial score (nSPS) is 12.0. The van der Waals surface area contributed by atoms with Gasteiger partial charge in [0.25, 0.3) is 5.91 Å². The van der Waals surface area contributed by atoms with E-state index in [2.05, 4.69) is 10.4 Å². The second-order valence-corrected chi connectivity index (χ2v) is 5.60. The SMILES string of the molecule is CC(CNC(=O)c1ccc(N(C)C)cc1F)Cn1cccn1. The van der Waals surface area contributed by atoms with E-state index in [-0.39, 0.29) is 11.5 Å². The molecule has 0 aliphatic heterocycles. The highest BCUT2D eigenvalue weighted by atomic mass is 19.1. The number of amides is 1. The summed E-state index contributed by atoms with van der Waals surface area (Å²) in [7, 11) is 3.65. The van der Waals surface area contributed by atoms with Crippen LogP contribution in [0.5, 0.6) is 0 Å². The Labute approximate surface area is 129 Å². The largest absolute Gasteiger partial charge is 0.378 e. The number of nitrogens with zero attached hydrogens (tertiary/aromatic N) is 3. The molecule has 0 saturated heterocycles. The van der Waals surface area contributed by atoms with E-state index in [1.807, 2.05) is 38.0 Å². The molecule has 1 unspecified atom stereocenters. The summed E-state index contributed by atoms with van der Waals surface area (Å²) in [6.45, 7) is 3.18. The Hall–Kier alpha value is -2.37. The maximum Gasteiger partial charge on any atom is 0.254 e. The van der Waals surface area contributed by atoms with E-state index in [4.69, 9.17) is 0 Å². The summed E-state index contributed by atoms with van der Waals surface area (Å²) in [5.41, 5.74) is 0.790. The minimum Gasteiger partial charge on any atom is -0.378 e. The summed E-state index contributed by atoms with van der Waals surface area (Å²) in [5, 5.41) is 6.89. The smallest absolute Gasteiger partial charge is 0.254 e. The van der Waals surface area contributed by atoms with Crippen molar-refractivity contribution in [1.29, 1.82) is 0 Å². The number of benzene rings is 1. The lowest BCUT2D eigenvalue weighted by molar-refractivity contribution is 0.0942. The third kappa shape index (κ3) is 4.07. The maximum absolute atomic E-state index is 14.0. The quantitative estimate of drug-likeness (QED) is 0.889. The van der Waals surface area contributed by atoms with E-state index in [1.54, 1.807) is 17.2 Å². The Bertz CT molecular complexity index is 625. The molecule has 0 bridgehead atoms. The minimum atomic E-state index is -0.511. The van der Waals surface area contributed by atoms with Crippen molar-refractivity contribution in [2.24, 2.45) is 5.92 Å². The summed E-state index contributed by atoms with van der Waals surface area (Å²) in [5.74, 6) is -0.702. The molecule has 0 radical (unpaired) electrons. The van der Waals surface area contributed by atoms with Gasteiger partial charge in [0.1, 0.15) is 5.82 Å². The number of halogens is 1. The van der Waals surface area contributed by atoms with E-state index in [0.717, 1.165) is 5.69 Å². The first-order chi connectivity index (χ1) is 10.5. The molecule has 1 aromatic carbocycles. The molecule has 2 aromatic rings. The molecular formula is C16H21FN4O. The Morgan fingerprint density at radius 2 is 2.23 bits per heavy atom. The fraction of sp³-hybridized carbons (Fsp3) is 0.375. The average molecular weight is 304 g/mol. The van der Waals surface area contributed by atoms with Crippen molar-refractivity contribution in [3.63, 3.8) is 0 Å². The number of hydrogen-bond donors (Lipinski definition) is 1. The van der Waals surface area contributed by atoms with Crippen LogP contribution in [-0.4, -0.2) is 36.3 Å². The first-order valence-electron chi connectivity index (χ1n) is 7.20. The molecule has 1 N–H and O–H groups in total. The van der Waals surface area contributed by atoms with Gasteiger partial charge in [-0.05, 0) is 30.2 Å². The Morgan fingerprint density at radius 3 is 2.82 bits per heavy atom.